The van der Waals surface area contributed by atoms with Crippen LogP contribution in [0.5, 0.6) is 0 Å². The zero-order chi connectivity index (χ0) is 20.5. The molecule has 0 radical (unpaired) electrons. The molecule has 2 saturated heterocycles. The lowest BCUT2D eigenvalue weighted by atomic mass is 10.1. The van der Waals surface area contributed by atoms with Crippen molar-refractivity contribution in [1.82, 2.24) is 10.2 Å². The number of carbonyl (C=O) groups excluding carboxylic acids is 1. The summed E-state index contributed by atoms with van der Waals surface area (Å²) >= 11 is 0. The van der Waals surface area contributed by atoms with E-state index in [9.17, 15) is 9.18 Å². The summed E-state index contributed by atoms with van der Waals surface area (Å²) in [4.78, 5) is 17.0. The number of halogens is 1. The van der Waals surface area contributed by atoms with Crippen molar-refractivity contribution in [1.29, 1.82) is 0 Å². The van der Waals surface area contributed by atoms with Crippen LogP contribution in [-0.2, 0) is 11.3 Å². The third-order valence-corrected chi connectivity index (χ3v) is 6.76. The molecule has 1 N–H and O–H groups in total. The molecule has 2 atom stereocenters. The van der Waals surface area contributed by atoms with Gasteiger partial charge in [-0.1, -0.05) is 30.3 Å². The predicted molar refractivity (Wildman–Crippen MR) is 114 cm³/mol. The largest absolute Gasteiger partial charge is 0.378 e. The van der Waals surface area contributed by atoms with Crippen LogP contribution in [0.15, 0.2) is 48.5 Å². The number of rotatable bonds is 6. The maximum Gasteiger partial charge on any atom is 0.251 e. The van der Waals surface area contributed by atoms with Crippen molar-refractivity contribution in [2.75, 3.05) is 50.8 Å². The smallest absolute Gasteiger partial charge is 0.251 e. The Hall–Kier alpha value is -2.44. The molecule has 3 aliphatic rings. The summed E-state index contributed by atoms with van der Waals surface area (Å²) in [7, 11) is 0. The van der Waals surface area contributed by atoms with Crippen LogP contribution in [0.25, 0.3) is 0 Å². The Balaban J connectivity index is 1.10. The summed E-state index contributed by atoms with van der Waals surface area (Å²) in [6.45, 7) is 6.44. The molecule has 5 rings (SSSR count). The number of likely N-dealkylation sites (tertiary alicyclic amines) is 1. The summed E-state index contributed by atoms with van der Waals surface area (Å²) in [6, 6.07) is 15.3. The SMILES string of the molecule is O=C(NCC1C2CN(Cc3ccccc3)CC12)c1ccc(N2CCOCC2)c(F)c1. The van der Waals surface area contributed by atoms with E-state index in [4.69, 9.17) is 4.74 Å². The maximum atomic E-state index is 14.5. The molecule has 0 bridgehead atoms. The molecule has 158 valence electrons. The molecule has 30 heavy (non-hydrogen) atoms. The van der Waals surface area contributed by atoms with Gasteiger partial charge >= 0.3 is 0 Å². The first-order valence-corrected chi connectivity index (χ1v) is 10.9. The van der Waals surface area contributed by atoms with Gasteiger partial charge in [0.15, 0.2) is 0 Å². The number of carbonyl (C=O) groups is 1. The van der Waals surface area contributed by atoms with Crippen LogP contribution in [0.2, 0.25) is 0 Å². The summed E-state index contributed by atoms with van der Waals surface area (Å²) in [5, 5.41) is 3.02. The average Bonchev–Trinajstić information content (AvgIpc) is 3.23. The second kappa shape index (κ2) is 8.36. The van der Waals surface area contributed by atoms with Crippen LogP contribution in [0, 0.1) is 23.6 Å². The van der Waals surface area contributed by atoms with Crippen molar-refractivity contribution in [2.24, 2.45) is 17.8 Å². The Kier molecular flexibility index (Phi) is 5.44. The van der Waals surface area contributed by atoms with E-state index >= 15 is 0 Å². The standard InChI is InChI=1S/C24H28FN3O2/c25-22-12-18(6-7-23(22)28-8-10-30-11-9-28)24(29)26-13-19-20-15-27(16-21(19)20)14-17-4-2-1-3-5-17/h1-7,12,19-21H,8-11,13-16H2,(H,26,29). The number of nitrogens with one attached hydrogen (secondary N) is 1. The minimum Gasteiger partial charge on any atom is -0.378 e. The molecular formula is C24H28FN3O2. The molecule has 0 spiro atoms. The number of ether oxygens (including phenoxy) is 1. The summed E-state index contributed by atoms with van der Waals surface area (Å²) < 4.78 is 19.9. The second-order valence-electron chi connectivity index (χ2n) is 8.65. The number of hydrogen-bond donors (Lipinski definition) is 1. The lowest BCUT2D eigenvalue weighted by Gasteiger charge is -2.29. The summed E-state index contributed by atoms with van der Waals surface area (Å²) in [5.74, 6) is 1.38. The van der Waals surface area contributed by atoms with Gasteiger partial charge in [0.25, 0.3) is 5.91 Å². The first kappa shape index (κ1) is 19.5. The van der Waals surface area contributed by atoms with Crippen LogP contribution < -0.4 is 10.2 Å². The quantitative estimate of drug-likeness (QED) is 0.797. The van der Waals surface area contributed by atoms with Gasteiger partial charge in [-0.3, -0.25) is 9.69 Å². The fourth-order valence-electron chi connectivity index (χ4n) is 5.03. The van der Waals surface area contributed by atoms with E-state index in [1.165, 1.54) is 11.6 Å². The van der Waals surface area contributed by atoms with E-state index in [1.807, 2.05) is 11.0 Å². The molecule has 1 aliphatic carbocycles. The second-order valence-corrected chi connectivity index (χ2v) is 8.65. The molecule has 6 heteroatoms. The van der Waals surface area contributed by atoms with Gasteiger partial charge in [0.05, 0.1) is 18.9 Å². The Morgan fingerprint density at radius 2 is 1.80 bits per heavy atom. The lowest BCUT2D eigenvalue weighted by Crippen LogP contribution is -2.36. The van der Waals surface area contributed by atoms with E-state index in [1.54, 1.807) is 12.1 Å². The highest BCUT2D eigenvalue weighted by molar-refractivity contribution is 5.94. The average molecular weight is 410 g/mol. The Labute approximate surface area is 176 Å². The molecule has 0 aromatic heterocycles. The fourth-order valence-corrected chi connectivity index (χ4v) is 5.03. The first-order valence-electron chi connectivity index (χ1n) is 10.9. The van der Waals surface area contributed by atoms with E-state index in [0.29, 0.717) is 61.9 Å². The molecular weight excluding hydrogens is 381 g/mol. The van der Waals surface area contributed by atoms with Gasteiger partial charge in [0.2, 0.25) is 0 Å². The minimum atomic E-state index is -0.343. The van der Waals surface area contributed by atoms with Gasteiger partial charge in [-0.2, -0.15) is 0 Å². The van der Waals surface area contributed by atoms with Crippen molar-refractivity contribution in [3.63, 3.8) is 0 Å². The number of hydrogen-bond acceptors (Lipinski definition) is 4. The Bertz CT molecular complexity index is 889. The van der Waals surface area contributed by atoms with Crippen molar-refractivity contribution < 1.29 is 13.9 Å². The zero-order valence-corrected chi connectivity index (χ0v) is 17.1. The van der Waals surface area contributed by atoms with Gasteiger partial charge in [0, 0.05) is 44.8 Å². The third kappa shape index (κ3) is 4.07. The molecule has 5 nitrogen and oxygen atoms in total. The molecule has 2 unspecified atom stereocenters. The van der Waals surface area contributed by atoms with Crippen LogP contribution in [0.1, 0.15) is 15.9 Å². The highest BCUT2D eigenvalue weighted by Crippen LogP contribution is 2.51. The fraction of sp³-hybridized carbons (Fsp3) is 0.458. The number of benzene rings is 2. The van der Waals surface area contributed by atoms with Crippen LogP contribution in [0.4, 0.5) is 10.1 Å². The minimum absolute atomic E-state index is 0.187. The highest BCUT2D eigenvalue weighted by atomic mass is 19.1. The number of nitrogens with zero attached hydrogens (tertiary/aromatic N) is 2. The van der Waals surface area contributed by atoms with E-state index in [-0.39, 0.29) is 11.7 Å². The van der Waals surface area contributed by atoms with Gasteiger partial charge in [-0.15, -0.1) is 0 Å². The molecule has 2 aromatic rings. The lowest BCUT2D eigenvalue weighted by molar-refractivity contribution is 0.0948. The molecule has 1 saturated carbocycles. The van der Waals surface area contributed by atoms with Crippen molar-refractivity contribution >= 4 is 11.6 Å². The number of piperidine rings is 1. The van der Waals surface area contributed by atoms with Crippen molar-refractivity contribution in [3.8, 4) is 0 Å². The van der Waals surface area contributed by atoms with Crippen LogP contribution in [0.3, 0.4) is 0 Å². The molecule has 3 fully saturated rings. The Morgan fingerprint density at radius 3 is 2.50 bits per heavy atom. The number of anilines is 1. The van der Waals surface area contributed by atoms with E-state index in [0.717, 1.165) is 19.6 Å². The normalized spacial score (nSPS) is 25.8. The predicted octanol–water partition coefficient (Wildman–Crippen LogP) is 2.77. The molecule has 1 amide bonds. The van der Waals surface area contributed by atoms with Gasteiger partial charge in [-0.05, 0) is 41.5 Å². The zero-order valence-electron chi connectivity index (χ0n) is 17.1. The topological polar surface area (TPSA) is 44.8 Å². The Morgan fingerprint density at radius 1 is 1.07 bits per heavy atom. The highest BCUT2D eigenvalue weighted by Gasteiger charge is 2.55. The van der Waals surface area contributed by atoms with Gasteiger partial charge in [-0.25, -0.2) is 4.39 Å². The summed E-state index contributed by atoms with van der Waals surface area (Å²) in [5.41, 5.74) is 2.29. The number of amides is 1. The van der Waals surface area contributed by atoms with Crippen LogP contribution in [-0.4, -0.2) is 56.7 Å². The van der Waals surface area contributed by atoms with E-state index in [2.05, 4.69) is 34.5 Å². The molecule has 2 aliphatic heterocycles. The van der Waals surface area contributed by atoms with Gasteiger partial charge < -0.3 is 15.0 Å². The first-order chi connectivity index (χ1) is 14.7. The molecule has 2 heterocycles. The third-order valence-electron chi connectivity index (χ3n) is 6.76. The van der Waals surface area contributed by atoms with Crippen LogP contribution >= 0.6 is 0 Å². The van der Waals surface area contributed by atoms with Crippen molar-refractivity contribution in [3.05, 3.63) is 65.5 Å². The van der Waals surface area contributed by atoms with Gasteiger partial charge in [0.1, 0.15) is 5.82 Å². The summed E-state index contributed by atoms with van der Waals surface area (Å²) in [6.07, 6.45) is 0. The van der Waals surface area contributed by atoms with E-state index < -0.39 is 0 Å². The number of morpholine rings is 1. The number of fused-ring (bicyclic) bond motifs is 1. The monoisotopic (exact) mass is 409 g/mol. The molecule has 2 aromatic carbocycles. The maximum absolute atomic E-state index is 14.5. The van der Waals surface area contributed by atoms with Crippen molar-refractivity contribution in [2.45, 2.75) is 6.54 Å².